The second-order valence-electron chi connectivity index (χ2n) is 3.61. The molecule has 94 valence electrons. The van der Waals surface area contributed by atoms with Gasteiger partial charge in [0.15, 0.2) is 17.7 Å². The Kier molecular flexibility index (Phi) is 4.90. The van der Waals surface area contributed by atoms with Crippen LogP contribution in [0.1, 0.15) is 18.9 Å². The lowest BCUT2D eigenvalue weighted by Gasteiger charge is -2.16. The highest BCUT2D eigenvalue weighted by molar-refractivity contribution is 5.72. The summed E-state index contributed by atoms with van der Waals surface area (Å²) in [5.74, 6) is -1.63. The summed E-state index contributed by atoms with van der Waals surface area (Å²) in [4.78, 5) is 10.9. The van der Waals surface area contributed by atoms with Crippen LogP contribution in [0.25, 0.3) is 0 Å². The SMILES string of the molecule is CCC(Oc1c(F)cccc1CNC)C(=O)O. The number of halogens is 1. The number of hydrogen-bond acceptors (Lipinski definition) is 3. The fraction of sp³-hybridized carbons (Fsp3) is 0.417. The Labute approximate surface area is 99.4 Å². The summed E-state index contributed by atoms with van der Waals surface area (Å²) in [6.45, 7) is 2.10. The second-order valence-corrected chi connectivity index (χ2v) is 3.61. The number of carboxylic acids is 1. The van der Waals surface area contributed by atoms with Gasteiger partial charge in [-0.3, -0.25) is 0 Å². The second kappa shape index (κ2) is 6.20. The van der Waals surface area contributed by atoms with Crippen LogP contribution < -0.4 is 10.1 Å². The summed E-state index contributed by atoms with van der Waals surface area (Å²) in [5, 5.41) is 11.8. The number of hydrogen-bond donors (Lipinski definition) is 2. The van der Waals surface area contributed by atoms with E-state index in [1.54, 1.807) is 26.1 Å². The summed E-state index contributed by atoms with van der Waals surface area (Å²) in [7, 11) is 1.73. The Morgan fingerprint density at radius 1 is 1.59 bits per heavy atom. The molecule has 0 bridgehead atoms. The van der Waals surface area contributed by atoms with Crippen molar-refractivity contribution in [1.29, 1.82) is 0 Å². The largest absolute Gasteiger partial charge is 0.479 e. The zero-order valence-corrected chi connectivity index (χ0v) is 9.87. The molecule has 4 nitrogen and oxygen atoms in total. The van der Waals surface area contributed by atoms with Crippen LogP contribution in [0.15, 0.2) is 18.2 Å². The van der Waals surface area contributed by atoms with E-state index in [4.69, 9.17) is 9.84 Å². The molecule has 0 aromatic heterocycles. The van der Waals surface area contributed by atoms with Gasteiger partial charge in [-0.25, -0.2) is 9.18 Å². The van der Waals surface area contributed by atoms with Gasteiger partial charge in [0.2, 0.25) is 0 Å². The van der Waals surface area contributed by atoms with Crippen molar-refractivity contribution >= 4 is 5.97 Å². The topological polar surface area (TPSA) is 58.6 Å². The zero-order chi connectivity index (χ0) is 12.8. The van der Waals surface area contributed by atoms with Gasteiger partial charge < -0.3 is 15.2 Å². The molecule has 1 aromatic carbocycles. The highest BCUT2D eigenvalue weighted by Crippen LogP contribution is 2.24. The van der Waals surface area contributed by atoms with E-state index in [1.807, 2.05) is 0 Å². The molecule has 0 fully saturated rings. The first-order chi connectivity index (χ1) is 8.10. The van der Waals surface area contributed by atoms with Crippen LogP contribution in [-0.4, -0.2) is 24.2 Å². The normalized spacial score (nSPS) is 12.2. The Morgan fingerprint density at radius 3 is 2.82 bits per heavy atom. The van der Waals surface area contributed by atoms with Crippen molar-refractivity contribution in [3.05, 3.63) is 29.6 Å². The standard InChI is InChI=1S/C12H16FNO3/c1-3-10(12(15)16)17-11-8(7-14-2)5-4-6-9(11)13/h4-6,10,14H,3,7H2,1-2H3,(H,15,16). The number of carboxylic acid groups (broad SMARTS) is 1. The van der Waals surface area contributed by atoms with E-state index >= 15 is 0 Å². The minimum absolute atomic E-state index is 0.0103. The third-order valence-electron chi connectivity index (χ3n) is 2.32. The fourth-order valence-corrected chi connectivity index (χ4v) is 1.47. The van der Waals surface area contributed by atoms with Gasteiger partial charge in [0.25, 0.3) is 0 Å². The highest BCUT2D eigenvalue weighted by atomic mass is 19.1. The monoisotopic (exact) mass is 241 g/mol. The Balaban J connectivity index is 2.98. The number of benzene rings is 1. The molecule has 0 aliphatic heterocycles. The predicted molar refractivity (Wildman–Crippen MR) is 61.5 cm³/mol. The fourth-order valence-electron chi connectivity index (χ4n) is 1.47. The molecule has 1 rings (SSSR count). The highest BCUT2D eigenvalue weighted by Gasteiger charge is 2.20. The van der Waals surface area contributed by atoms with Crippen LogP contribution in [0.3, 0.4) is 0 Å². The van der Waals surface area contributed by atoms with E-state index in [0.717, 1.165) is 0 Å². The molecular formula is C12H16FNO3. The van der Waals surface area contributed by atoms with Gasteiger partial charge in [0.05, 0.1) is 0 Å². The van der Waals surface area contributed by atoms with Crippen molar-refractivity contribution in [3.63, 3.8) is 0 Å². The van der Waals surface area contributed by atoms with Crippen molar-refractivity contribution in [2.45, 2.75) is 26.0 Å². The van der Waals surface area contributed by atoms with Crippen molar-refractivity contribution in [3.8, 4) is 5.75 Å². The molecule has 0 heterocycles. The van der Waals surface area contributed by atoms with Crippen molar-refractivity contribution in [2.24, 2.45) is 0 Å². The summed E-state index contributed by atoms with van der Waals surface area (Å²) in [5.41, 5.74) is 0.604. The average Bonchev–Trinajstić information content (AvgIpc) is 2.28. The van der Waals surface area contributed by atoms with E-state index in [1.165, 1.54) is 6.07 Å². The van der Waals surface area contributed by atoms with Gasteiger partial charge >= 0.3 is 5.97 Å². The summed E-state index contributed by atoms with van der Waals surface area (Å²) < 4.78 is 18.8. The molecule has 0 amide bonds. The van der Waals surface area contributed by atoms with Crippen LogP contribution in [-0.2, 0) is 11.3 Å². The minimum Gasteiger partial charge on any atom is -0.479 e. The van der Waals surface area contributed by atoms with Crippen molar-refractivity contribution in [1.82, 2.24) is 5.32 Å². The maximum atomic E-state index is 13.6. The average molecular weight is 241 g/mol. The smallest absolute Gasteiger partial charge is 0.344 e. The van der Waals surface area contributed by atoms with Crippen molar-refractivity contribution < 1.29 is 19.0 Å². The van der Waals surface area contributed by atoms with Gasteiger partial charge in [-0.2, -0.15) is 0 Å². The van der Waals surface area contributed by atoms with Crippen LogP contribution in [0, 0.1) is 5.82 Å². The third-order valence-corrected chi connectivity index (χ3v) is 2.32. The van der Waals surface area contributed by atoms with Gasteiger partial charge in [-0.05, 0) is 19.5 Å². The van der Waals surface area contributed by atoms with E-state index < -0.39 is 17.9 Å². The molecule has 1 aromatic rings. The number of rotatable bonds is 6. The Hall–Kier alpha value is -1.62. The number of carbonyl (C=O) groups is 1. The van der Waals surface area contributed by atoms with Crippen LogP contribution in [0.2, 0.25) is 0 Å². The lowest BCUT2D eigenvalue weighted by atomic mass is 10.2. The molecule has 0 aliphatic rings. The van der Waals surface area contributed by atoms with Crippen molar-refractivity contribution in [2.75, 3.05) is 7.05 Å². The molecular weight excluding hydrogens is 225 g/mol. The number of nitrogens with one attached hydrogen (secondary N) is 1. The first-order valence-corrected chi connectivity index (χ1v) is 5.41. The summed E-state index contributed by atoms with van der Waals surface area (Å²) >= 11 is 0. The first-order valence-electron chi connectivity index (χ1n) is 5.41. The third kappa shape index (κ3) is 3.42. The number of aliphatic carboxylic acids is 1. The molecule has 17 heavy (non-hydrogen) atoms. The van der Waals surface area contributed by atoms with E-state index in [9.17, 15) is 9.18 Å². The van der Waals surface area contributed by atoms with Crippen LogP contribution in [0.5, 0.6) is 5.75 Å². The minimum atomic E-state index is -1.09. The molecule has 2 N–H and O–H groups in total. The molecule has 0 saturated carbocycles. The molecule has 0 aliphatic carbocycles. The van der Waals surface area contributed by atoms with E-state index in [0.29, 0.717) is 12.1 Å². The van der Waals surface area contributed by atoms with Crippen LogP contribution in [0.4, 0.5) is 4.39 Å². The van der Waals surface area contributed by atoms with E-state index in [2.05, 4.69) is 5.32 Å². The molecule has 1 atom stereocenters. The number of para-hydroxylation sites is 1. The quantitative estimate of drug-likeness (QED) is 0.797. The van der Waals surface area contributed by atoms with Gasteiger partial charge in [-0.15, -0.1) is 0 Å². The van der Waals surface area contributed by atoms with E-state index in [-0.39, 0.29) is 12.2 Å². The molecule has 1 unspecified atom stereocenters. The predicted octanol–water partition coefficient (Wildman–Crippen LogP) is 1.79. The van der Waals surface area contributed by atoms with Crippen LogP contribution >= 0.6 is 0 Å². The first kappa shape index (κ1) is 13.4. The number of ether oxygens (including phenoxy) is 1. The molecule has 0 radical (unpaired) electrons. The Morgan fingerprint density at radius 2 is 2.29 bits per heavy atom. The summed E-state index contributed by atoms with van der Waals surface area (Å²) in [6.07, 6.45) is -0.745. The lowest BCUT2D eigenvalue weighted by molar-refractivity contribution is -0.145. The maximum Gasteiger partial charge on any atom is 0.344 e. The lowest BCUT2D eigenvalue weighted by Crippen LogP contribution is -2.27. The summed E-state index contributed by atoms with van der Waals surface area (Å²) in [6, 6.07) is 4.52. The van der Waals surface area contributed by atoms with Gasteiger partial charge in [0.1, 0.15) is 0 Å². The Bertz CT molecular complexity index is 395. The van der Waals surface area contributed by atoms with Gasteiger partial charge in [-0.1, -0.05) is 19.1 Å². The zero-order valence-electron chi connectivity index (χ0n) is 9.87. The van der Waals surface area contributed by atoms with Gasteiger partial charge in [0, 0.05) is 12.1 Å². The molecule has 5 heteroatoms. The molecule has 0 saturated heterocycles. The maximum absolute atomic E-state index is 13.6. The molecule has 0 spiro atoms.